The summed E-state index contributed by atoms with van der Waals surface area (Å²) in [5, 5.41) is 2.56. The second kappa shape index (κ2) is 5.76. The Balaban J connectivity index is 1.62. The smallest absolute Gasteiger partial charge is 0.324 e. The minimum Gasteiger partial charge on any atom is -0.369 e. The molecule has 2 aliphatic heterocycles. The fraction of sp³-hybridized carbons (Fsp3) is 0.500. The van der Waals surface area contributed by atoms with Gasteiger partial charge in [-0.2, -0.15) is 0 Å². The number of nitrogens with one attached hydrogen (secondary N) is 1. The maximum atomic E-state index is 11.6. The van der Waals surface area contributed by atoms with Crippen LogP contribution in [0.25, 0.3) is 0 Å². The van der Waals surface area contributed by atoms with E-state index in [1.807, 2.05) is 0 Å². The minimum atomic E-state index is -0.257. The fourth-order valence-electron chi connectivity index (χ4n) is 3.18. The van der Waals surface area contributed by atoms with E-state index in [2.05, 4.69) is 41.4 Å². The largest absolute Gasteiger partial charge is 0.369 e. The van der Waals surface area contributed by atoms with E-state index < -0.39 is 0 Å². The van der Waals surface area contributed by atoms with E-state index in [4.69, 9.17) is 0 Å². The van der Waals surface area contributed by atoms with E-state index in [1.54, 1.807) is 0 Å². The first kappa shape index (κ1) is 13.9. The quantitative estimate of drug-likeness (QED) is 0.859. The van der Waals surface area contributed by atoms with Gasteiger partial charge in [0.05, 0.1) is 6.54 Å². The molecule has 0 radical (unpaired) electrons. The molecule has 0 saturated carbocycles. The molecule has 1 aromatic carbocycles. The van der Waals surface area contributed by atoms with Crippen molar-refractivity contribution in [2.24, 2.45) is 0 Å². The molecule has 1 saturated heterocycles. The van der Waals surface area contributed by atoms with Crippen molar-refractivity contribution in [3.63, 3.8) is 0 Å². The van der Waals surface area contributed by atoms with Gasteiger partial charge in [0.15, 0.2) is 0 Å². The average molecular weight is 287 g/mol. The van der Waals surface area contributed by atoms with Crippen LogP contribution in [0.4, 0.5) is 10.5 Å². The molecule has 5 nitrogen and oxygen atoms in total. The predicted octanol–water partition coefficient (Wildman–Crippen LogP) is 1.77. The molecule has 1 atom stereocenters. The number of carbonyl (C=O) groups is 2. The fourth-order valence-corrected chi connectivity index (χ4v) is 3.18. The van der Waals surface area contributed by atoms with Crippen LogP contribution in [0, 0.1) is 0 Å². The third-order valence-corrected chi connectivity index (χ3v) is 4.38. The number of nitrogens with zero attached hydrogens (tertiary/aromatic N) is 2. The molecule has 1 aromatic rings. The number of imide groups is 1. The lowest BCUT2D eigenvalue weighted by Crippen LogP contribution is -2.40. The Morgan fingerprint density at radius 2 is 2.05 bits per heavy atom. The van der Waals surface area contributed by atoms with Crippen molar-refractivity contribution in [2.75, 3.05) is 24.5 Å². The van der Waals surface area contributed by atoms with Crippen LogP contribution in [-0.2, 0) is 11.2 Å². The van der Waals surface area contributed by atoms with Crippen LogP contribution in [0.15, 0.2) is 24.3 Å². The molecule has 1 N–H and O–H groups in total. The molecule has 1 fully saturated rings. The lowest BCUT2D eigenvalue weighted by Gasteiger charge is -2.37. The van der Waals surface area contributed by atoms with Gasteiger partial charge in [-0.25, -0.2) is 4.79 Å². The van der Waals surface area contributed by atoms with Crippen LogP contribution in [0.3, 0.4) is 0 Å². The van der Waals surface area contributed by atoms with Crippen molar-refractivity contribution in [2.45, 2.75) is 32.2 Å². The van der Waals surface area contributed by atoms with E-state index in [0.717, 1.165) is 25.8 Å². The third kappa shape index (κ3) is 2.73. The monoisotopic (exact) mass is 287 g/mol. The number of carbonyl (C=O) groups excluding carboxylic acids is 2. The molecule has 1 unspecified atom stereocenters. The van der Waals surface area contributed by atoms with Gasteiger partial charge in [0.1, 0.15) is 0 Å². The van der Waals surface area contributed by atoms with Gasteiger partial charge in [-0.05, 0) is 37.8 Å². The number of aryl methyl sites for hydroxylation is 1. The number of hydrogen-bond acceptors (Lipinski definition) is 3. The lowest BCUT2D eigenvalue weighted by molar-refractivity contribution is -0.125. The highest BCUT2D eigenvalue weighted by Crippen LogP contribution is 2.30. The molecule has 21 heavy (non-hydrogen) atoms. The Bertz CT molecular complexity index is 542. The van der Waals surface area contributed by atoms with E-state index >= 15 is 0 Å². The van der Waals surface area contributed by atoms with Crippen LogP contribution in [0.5, 0.6) is 0 Å². The summed E-state index contributed by atoms with van der Waals surface area (Å²) in [4.78, 5) is 26.8. The summed E-state index contributed by atoms with van der Waals surface area (Å²) in [6.07, 6.45) is 3.08. The maximum absolute atomic E-state index is 11.6. The van der Waals surface area contributed by atoms with Crippen LogP contribution >= 0.6 is 0 Å². The molecule has 3 amide bonds. The van der Waals surface area contributed by atoms with Crippen molar-refractivity contribution < 1.29 is 9.59 Å². The summed E-state index contributed by atoms with van der Waals surface area (Å²) >= 11 is 0. The van der Waals surface area contributed by atoms with Crippen molar-refractivity contribution in [3.8, 4) is 0 Å². The summed E-state index contributed by atoms with van der Waals surface area (Å²) in [6, 6.07) is 8.75. The normalized spacial score (nSPS) is 21.5. The van der Waals surface area contributed by atoms with Crippen molar-refractivity contribution >= 4 is 17.6 Å². The van der Waals surface area contributed by atoms with Crippen LogP contribution < -0.4 is 10.2 Å². The number of urea groups is 1. The van der Waals surface area contributed by atoms with E-state index in [0.29, 0.717) is 12.6 Å². The average Bonchev–Trinajstić information content (AvgIpc) is 2.81. The summed E-state index contributed by atoms with van der Waals surface area (Å²) in [5.41, 5.74) is 2.69. The molecule has 0 spiro atoms. The molecule has 3 rings (SSSR count). The second-order valence-electron chi connectivity index (χ2n) is 5.77. The minimum absolute atomic E-state index is 0.118. The van der Waals surface area contributed by atoms with Gasteiger partial charge in [-0.1, -0.05) is 18.2 Å². The zero-order valence-electron chi connectivity index (χ0n) is 12.3. The van der Waals surface area contributed by atoms with Crippen molar-refractivity contribution in [1.82, 2.24) is 10.2 Å². The Kier molecular flexibility index (Phi) is 3.82. The van der Waals surface area contributed by atoms with E-state index in [1.165, 1.54) is 16.2 Å². The molecule has 0 aromatic heterocycles. The second-order valence-corrected chi connectivity index (χ2v) is 5.77. The van der Waals surface area contributed by atoms with Gasteiger partial charge in [0.2, 0.25) is 5.91 Å². The molecule has 2 aliphatic rings. The van der Waals surface area contributed by atoms with Gasteiger partial charge < -0.3 is 10.2 Å². The van der Waals surface area contributed by atoms with Gasteiger partial charge >= 0.3 is 6.03 Å². The Morgan fingerprint density at radius 3 is 2.81 bits per heavy atom. The van der Waals surface area contributed by atoms with Crippen LogP contribution in [0.1, 0.15) is 25.3 Å². The van der Waals surface area contributed by atoms with Crippen molar-refractivity contribution in [1.29, 1.82) is 0 Å². The van der Waals surface area contributed by atoms with E-state index in [9.17, 15) is 9.59 Å². The highest BCUT2D eigenvalue weighted by molar-refractivity contribution is 6.01. The highest BCUT2D eigenvalue weighted by Gasteiger charge is 2.28. The Hall–Kier alpha value is -2.04. The van der Waals surface area contributed by atoms with Crippen LogP contribution in [0.2, 0.25) is 0 Å². The summed E-state index contributed by atoms with van der Waals surface area (Å²) < 4.78 is 0. The zero-order valence-corrected chi connectivity index (χ0v) is 12.3. The summed E-state index contributed by atoms with van der Waals surface area (Å²) in [6.45, 7) is 3.75. The number of fused-ring (bicyclic) bond motifs is 1. The molecular weight excluding hydrogens is 266 g/mol. The first-order chi connectivity index (χ1) is 10.2. The number of rotatable bonds is 4. The predicted molar refractivity (Wildman–Crippen MR) is 81.3 cm³/mol. The van der Waals surface area contributed by atoms with Crippen LogP contribution in [-0.4, -0.2) is 42.5 Å². The molecule has 5 heteroatoms. The zero-order chi connectivity index (χ0) is 14.8. The standard InChI is InChI=1S/C16H21N3O2/c1-12-7-8-13-5-2-3-6-14(13)18(12)9-4-10-19-15(20)11-17-16(19)21/h2-3,5-6,12H,4,7-11H2,1H3,(H,17,21). The summed E-state index contributed by atoms with van der Waals surface area (Å²) in [5.74, 6) is -0.118. The molecule has 0 aliphatic carbocycles. The molecule has 2 heterocycles. The highest BCUT2D eigenvalue weighted by atomic mass is 16.2. The number of benzene rings is 1. The third-order valence-electron chi connectivity index (χ3n) is 4.38. The maximum Gasteiger partial charge on any atom is 0.324 e. The van der Waals surface area contributed by atoms with Gasteiger partial charge in [0.25, 0.3) is 0 Å². The summed E-state index contributed by atoms with van der Waals surface area (Å²) in [7, 11) is 0. The number of hydrogen-bond donors (Lipinski definition) is 1. The van der Waals surface area contributed by atoms with E-state index in [-0.39, 0.29) is 18.5 Å². The first-order valence-electron chi connectivity index (χ1n) is 7.59. The van der Waals surface area contributed by atoms with Gasteiger partial charge in [-0.3, -0.25) is 9.69 Å². The van der Waals surface area contributed by atoms with Crippen molar-refractivity contribution in [3.05, 3.63) is 29.8 Å². The number of para-hydroxylation sites is 1. The lowest BCUT2D eigenvalue weighted by atomic mass is 9.96. The topological polar surface area (TPSA) is 52.6 Å². The Labute approximate surface area is 124 Å². The Morgan fingerprint density at radius 1 is 1.24 bits per heavy atom. The van der Waals surface area contributed by atoms with Gasteiger partial charge in [0, 0.05) is 24.8 Å². The molecular formula is C16H21N3O2. The first-order valence-corrected chi connectivity index (χ1v) is 7.59. The molecule has 112 valence electrons. The number of anilines is 1. The number of amides is 3. The SMILES string of the molecule is CC1CCc2ccccc2N1CCCN1C(=O)CNC1=O. The molecule has 0 bridgehead atoms. The van der Waals surface area contributed by atoms with Gasteiger partial charge in [-0.15, -0.1) is 0 Å².